The van der Waals surface area contributed by atoms with Crippen LogP contribution in [0, 0.1) is 5.82 Å². The standard InChI is InChI=1S/C25H28FN3O4S/c1-25(2,3)22-14-23(29(28-22)19-12-13-34(31,32)16-19)27-24(30)20-6-4-5-7-21(20)33-15-17-8-10-18(26)11-9-17/h4-11,14,19H,12-13,15-16H2,1-3H3,(H,27,30)/t19-/m1/s1. The molecule has 34 heavy (non-hydrogen) atoms. The first kappa shape index (κ1) is 23.9. The summed E-state index contributed by atoms with van der Waals surface area (Å²) in [5.41, 5.74) is 1.58. The molecule has 1 amide bonds. The molecule has 0 spiro atoms. The Bertz CT molecular complexity index is 1290. The lowest BCUT2D eigenvalue weighted by atomic mass is 9.92. The van der Waals surface area contributed by atoms with E-state index in [9.17, 15) is 17.6 Å². The van der Waals surface area contributed by atoms with Crippen LogP contribution in [-0.2, 0) is 21.9 Å². The van der Waals surface area contributed by atoms with E-state index in [-0.39, 0.29) is 35.4 Å². The molecule has 1 aliphatic rings. The summed E-state index contributed by atoms with van der Waals surface area (Å²) in [6, 6.07) is 14.3. The zero-order valence-electron chi connectivity index (χ0n) is 19.4. The first-order chi connectivity index (χ1) is 16.0. The number of rotatable bonds is 6. The summed E-state index contributed by atoms with van der Waals surface area (Å²) in [5.74, 6) is 0.219. The summed E-state index contributed by atoms with van der Waals surface area (Å²) in [7, 11) is -3.13. The van der Waals surface area contributed by atoms with Crippen LogP contribution >= 0.6 is 0 Å². The van der Waals surface area contributed by atoms with Gasteiger partial charge in [-0.25, -0.2) is 17.5 Å². The van der Waals surface area contributed by atoms with Gasteiger partial charge in [-0.1, -0.05) is 45.0 Å². The molecule has 0 unspecified atom stereocenters. The molecular weight excluding hydrogens is 457 g/mol. The van der Waals surface area contributed by atoms with Crippen LogP contribution in [0.15, 0.2) is 54.6 Å². The molecule has 0 bridgehead atoms. The van der Waals surface area contributed by atoms with Crippen LogP contribution in [0.2, 0.25) is 0 Å². The van der Waals surface area contributed by atoms with E-state index >= 15 is 0 Å². The fourth-order valence-corrected chi connectivity index (χ4v) is 5.50. The highest BCUT2D eigenvalue weighted by molar-refractivity contribution is 7.91. The van der Waals surface area contributed by atoms with Crippen LogP contribution in [0.5, 0.6) is 5.75 Å². The average molecular weight is 486 g/mol. The highest BCUT2D eigenvalue weighted by Gasteiger charge is 2.33. The molecule has 1 aromatic heterocycles. The van der Waals surface area contributed by atoms with Crippen LogP contribution in [0.1, 0.15) is 54.8 Å². The lowest BCUT2D eigenvalue weighted by molar-refractivity contribution is 0.102. The number of aromatic nitrogens is 2. The summed E-state index contributed by atoms with van der Waals surface area (Å²) in [4.78, 5) is 13.2. The SMILES string of the molecule is CC(C)(C)c1cc(NC(=O)c2ccccc2OCc2ccc(F)cc2)n([C@@H]2CCS(=O)(=O)C2)n1. The molecule has 7 nitrogen and oxygen atoms in total. The van der Waals surface area contributed by atoms with Crippen molar-refractivity contribution in [1.82, 2.24) is 9.78 Å². The first-order valence-corrected chi connectivity index (χ1v) is 12.9. The first-order valence-electron chi connectivity index (χ1n) is 11.1. The number of benzene rings is 2. The lowest BCUT2D eigenvalue weighted by Gasteiger charge is -2.16. The van der Waals surface area contributed by atoms with E-state index in [1.165, 1.54) is 12.1 Å². The topological polar surface area (TPSA) is 90.3 Å². The van der Waals surface area contributed by atoms with Crippen molar-refractivity contribution in [2.24, 2.45) is 0 Å². The Kier molecular flexibility index (Phi) is 6.49. The molecule has 0 aliphatic carbocycles. The minimum Gasteiger partial charge on any atom is -0.488 e. The fraction of sp³-hybridized carbons (Fsp3) is 0.360. The van der Waals surface area contributed by atoms with Gasteiger partial charge in [-0.2, -0.15) is 5.10 Å². The predicted octanol–water partition coefficient (Wildman–Crippen LogP) is 4.51. The lowest BCUT2D eigenvalue weighted by Crippen LogP contribution is -2.20. The number of sulfone groups is 1. The van der Waals surface area contributed by atoms with Crippen LogP contribution in [0.3, 0.4) is 0 Å². The van der Waals surface area contributed by atoms with Crippen LogP contribution in [0.4, 0.5) is 10.2 Å². The molecule has 0 radical (unpaired) electrons. The zero-order chi connectivity index (χ0) is 24.5. The number of nitrogens with one attached hydrogen (secondary N) is 1. The summed E-state index contributed by atoms with van der Waals surface area (Å²) < 4.78 is 44.8. The van der Waals surface area contributed by atoms with Gasteiger partial charge in [0.15, 0.2) is 9.84 Å². The van der Waals surface area contributed by atoms with Gasteiger partial charge in [-0.15, -0.1) is 0 Å². The normalized spacial score (nSPS) is 17.5. The van der Waals surface area contributed by atoms with Gasteiger partial charge in [0, 0.05) is 11.5 Å². The Labute approximate surface area is 198 Å². The Morgan fingerprint density at radius 2 is 1.88 bits per heavy atom. The predicted molar refractivity (Wildman–Crippen MR) is 128 cm³/mol. The van der Waals surface area contributed by atoms with Crippen molar-refractivity contribution in [3.05, 3.63) is 77.2 Å². The number of hydrogen-bond acceptors (Lipinski definition) is 5. The number of nitrogens with zero attached hydrogens (tertiary/aromatic N) is 2. The molecule has 4 rings (SSSR count). The van der Waals surface area contributed by atoms with Gasteiger partial charge in [0.05, 0.1) is 28.8 Å². The van der Waals surface area contributed by atoms with Crippen molar-refractivity contribution in [2.45, 2.75) is 45.3 Å². The molecule has 1 atom stereocenters. The van der Waals surface area contributed by atoms with Crippen molar-refractivity contribution >= 4 is 21.6 Å². The molecule has 3 aromatic rings. The summed E-state index contributed by atoms with van der Waals surface area (Å²) in [6.45, 7) is 6.20. The molecule has 1 fully saturated rings. The molecule has 9 heteroatoms. The number of ether oxygens (including phenoxy) is 1. The van der Waals surface area contributed by atoms with E-state index in [0.717, 1.165) is 11.3 Å². The minimum absolute atomic E-state index is 0.00149. The van der Waals surface area contributed by atoms with Crippen molar-refractivity contribution in [1.29, 1.82) is 0 Å². The molecule has 1 aliphatic heterocycles. The highest BCUT2D eigenvalue weighted by Crippen LogP contribution is 2.31. The molecule has 1 saturated heterocycles. The largest absolute Gasteiger partial charge is 0.488 e. The average Bonchev–Trinajstić information content (AvgIpc) is 3.36. The smallest absolute Gasteiger partial charge is 0.260 e. The maximum absolute atomic E-state index is 13.2. The Morgan fingerprint density at radius 3 is 2.53 bits per heavy atom. The van der Waals surface area contributed by atoms with Crippen molar-refractivity contribution in [3.8, 4) is 5.75 Å². The molecule has 1 N–H and O–H groups in total. The van der Waals surface area contributed by atoms with Crippen LogP contribution in [0.25, 0.3) is 0 Å². The van der Waals surface area contributed by atoms with E-state index in [0.29, 0.717) is 23.6 Å². The Morgan fingerprint density at radius 1 is 1.18 bits per heavy atom. The molecule has 0 saturated carbocycles. The number of carbonyl (C=O) groups excluding carboxylic acids is 1. The van der Waals surface area contributed by atoms with Gasteiger partial charge in [0.25, 0.3) is 5.91 Å². The maximum Gasteiger partial charge on any atom is 0.260 e. The van der Waals surface area contributed by atoms with Gasteiger partial charge >= 0.3 is 0 Å². The van der Waals surface area contributed by atoms with Crippen molar-refractivity contribution in [3.63, 3.8) is 0 Å². The van der Waals surface area contributed by atoms with Gasteiger partial charge in [0.1, 0.15) is 24.0 Å². The third-order valence-corrected chi connectivity index (χ3v) is 7.49. The van der Waals surface area contributed by atoms with E-state index in [1.54, 1.807) is 47.1 Å². The monoisotopic (exact) mass is 485 g/mol. The fourth-order valence-electron chi connectivity index (χ4n) is 3.81. The van der Waals surface area contributed by atoms with Gasteiger partial charge in [0.2, 0.25) is 0 Å². The Balaban J connectivity index is 1.58. The van der Waals surface area contributed by atoms with E-state index in [2.05, 4.69) is 10.4 Å². The van der Waals surface area contributed by atoms with Crippen LogP contribution in [-0.4, -0.2) is 35.6 Å². The number of hydrogen-bond donors (Lipinski definition) is 1. The second kappa shape index (κ2) is 9.21. The van der Waals surface area contributed by atoms with E-state index < -0.39 is 15.7 Å². The van der Waals surface area contributed by atoms with Gasteiger partial charge in [-0.05, 0) is 36.2 Å². The number of anilines is 1. The molecule has 180 valence electrons. The number of halogens is 1. The number of amides is 1. The van der Waals surface area contributed by atoms with Crippen molar-refractivity contribution in [2.75, 3.05) is 16.8 Å². The third-order valence-electron chi connectivity index (χ3n) is 5.74. The molecule has 2 heterocycles. The molecular formula is C25H28FN3O4S. The maximum atomic E-state index is 13.2. The number of para-hydroxylation sites is 1. The van der Waals surface area contributed by atoms with E-state index in [4.69, 9.17) is 4.74 Å². The zero-order valence-corrected chi connectivity index (χ0v) is 20.2. The van der Waals surface area contributed by atoms with Gasteiger partial charge in [-0.3, -0.25) is 4.79 Å². The summed E-state index contributed by atoms with van der Waals surface area (Å²) in [6.07, 6.45) is 0.452. The third kappa shape index (κ3) is 5.47. The van der Waals surface area contributed by atoms with Gasteiger partial charge < -0.3 is 10.1 Å². The summed E-state index contributed by atoms with van der Waals surface area (Å²) in [5, 5.41) is 7.56. The van der Waals surface area contributed by atoms with E-state index in [1.807, 2.05) is 20.8 Å². The molecule has 2 aromatic carbocycles. The summed E-state index contributed by atoms with van der Waals surface area (Å²) >= 11 is 0. The van der Waals surface area contributed by atoms with Crippen LogP contribution < -0.4 is 10.1 Å². The van der Waals surface area contributed by atoms with Crippen molar-refractivity contribution < 1.29 is 22.3 Å². The quantitative estimate of drug-likeness (QED) is 0.555. The minimum atomic E-state index is -3.13. The number of carbonyl (C=O) groups is 1. The second-order valence-corrected chi connectivity index (χ2v) is 11.8. The second-order valence-electron chi connectivity index (χ2n) is 9.53. The highest BCUT2D eigenvalue weighted by atomic mass is 32.2. The Hall–Kier alpha value is -3.20.